The highest BCUT2D eigenvalue weighted by molar-refractivity contribution is 5.92. The number of hydrogen-bond donors (Lipinski definition) is 2. The summed E-state index contributed by atoms with van der Waals surface area (Å²) >= 11 is 0. The van der Waals surface area contributed by atoms with Gasteiger partial charge in [0, 0.05) is 12.6 Å². The fourth-order valence-electron chi connectivity index (χ4n) is 3.11. The molecule has 1 aliphatic rings. The Morgan fingerprint density at radius 1 is 1.16 bits per heavy atom. The number of amides is 1. The second kappa shape index (κ2) is 6.36. The number of nitrogens with one attached hydrogen (secondary N) is 1. The van der Waals surface area contributed by atoms with Crippen LogP contribution in [0.25, 0.3) is 0 Å². The van der Waals surface area contributed by atoms with Gasteiger partial charge in [-0.1, -0.05) is 24.3 Å². The second-order valence-corrected chi connectivity index (χ2v) is 5.88. The molecule has 3 rings (SSSR count). The van der Waals surface area contributed by atoms with Crippen LogP contribution in [-0.2, 0) is 6.18 Å². The van der Waals surface area contributed by atoms with Gasteiger partial charge in [0.05, 0.1) is 17.7 Å². The number of aliphatic hydroxyl groups excluding tert-OH is 1. The van der Waals surface area contributed by atoms with Crippen LogP contribution in [0.5, 0.6) is 0 Å². The van der Waals surface area contributed by atoms with E-state index >= 15 is 0 Å². The molecule has 0 aliphatic carbocycles. The lowest BCUT2D eigenvalue weighted by Crippen LogP contribution is -2.34. The number of pyridine rings is 1. The Kier molecular flexibility index (Phi) is 4.38. The highest BCUT2D eigenvalue weighted by atomic mass is 19.4. The third-order valence-electron chi connectivity index (χ3n) is 4.16. The fourth-order valence-corrected chi connectivity index (χ4v) is 3.11. The summed E-state index contributed by atoms with van der Waals surface area (Å²) in [6, 6.07) is 8.06. The number of aromatic nitrogens is 1. The van der Waals surface area contributed by atoms with Crippen molar-refractivity contribution in [3.05, 3.63) is 69.6 Å². The molecule has 2 atom stereocenters. The van der Waals surface area contributed by atoms with Gasteiger partial charge in [0.2, 0.25) is 5.56 Å². The zero-order valence-corrected chi connectivity index (χ0v) is 13.0. The lowest BCUT2D eigenvalue weighted by Gasteiger charge is -2.27. The van der Waals surface area contributed by atoms with Crippen molar-refractivity contribution in [2.24, 2.45) is 0 Å². The normalized spacial score (nSPS) is 20.7. The van der Waals surface area contributed by atoms with Crippen LogP contribution < -0.4 is 5.56 Å². The zero-order valence-electron chi connectivity index (χ0n) is 13.0. The van der Waals surface area contributed by atoms with E-state index in [1.165, 1.54) is 41.3 Å². The minimum absolute atomic E-state index is 0.00407. The van der Waals surface area contributed by atoms with E-state index in [4.69, 9.17) is 0 Å². The Bertz CT molecular complexity index is 847. The molecular formula is C17H15F3N2O3. The first-order valence-electron chi connectivity index (χ1n) is 7.62. The minimum atomic E-state index is -4.57. The Morgan fingerprint density at radius 3 is 2.56 bits per heavy atom. The van der Waals surface area contributed by atoms with E-state index in [1.807, 2.05) is 0 Å². The molecule has 1 aromatic carbocycles. The number of H-pyrrole nitrogens is 1. The maximum atomic E-state index is 13.3. The Labute approximate surface area is 140 Å². The first kappa shape index (κ1) is 17.2. The molecule has 0 bridgehead atoms. The average molecular weight is 352 g/mol. The topological polar surface area (TPSA) is 73.4 Å². The molecule has 2 N–H and O–H groups in total. The van der Waals surface area contributed by atoms with Gasteiger partial charge >= 0.3 is 6.18 Å². The van der Waals surface area contributed by atoms with Crippen molar-refractivity contribution in [2.75, 3.05) is 6.54 Å². The molecule has 1 saturated heterocycles. The third-order valence-corrected chi connectivity index (χ3v) is 4.16. The molecule has 0 unspecified atom stereocenters. The molecule has 2 heterocycles. The van der Waals surface area contributed by atoms with Crippen LogP contribution in [0, 0.1) is 0 Å². The van der Waals surface area contributed by atoms with E-state index < -0.39 is 35.4 Å². The molecule has 0 spiro atoms. The molecule has 2 aromatic rings. The summed E-state index contributed by atoms with van der Waals surface area (Å²) in [6.07, 6.45) is -5.51. The summed E-state index contributed by atoms with van der Waals surface area (Å²) in [6.45, 7) is -0.105. The van der Waals surface area contributed by atoms with Crippen molar-refractivity contribution >= 4 is 5.91 Å². The quantitative estimate of drug-likeness (QED) is 0.871. The van der Waals surface area contributed by atoms with Crippen molar-refractivity contribution in [3.8, 4) is 0 Å². The number of hydrogen-bond acceptors (Lipinski definition) is 3. The summed E-state index contributed by atoms with van der Waals surface area (Å²) in [7, 11) is 0. The number of rotatable bonds is 2. The van der Waals surface area contributed by atoms with Gasteiger partial charge in [-0.25, -0.2) is 0 Å². The molecule has 0 saturated carbocycles. The monoisotopic (exact) mass is 352 g/mol. The Balaban J connectivity index is 2.01. The number of aliphatic hydroxyl groups is 1. The van der Waals surface area contributed by atoms with Gasteiger partial charge in [0.1, 0.15) is 5.69 Å². The van der Waals surface area contributed by atoms with Crippen LogP contribution >= 0.6 is 0 Å². The molecule has 1 amide bonds. The first-order chi connectivity index (χ1) is 11.8. The van der Waals surface area contributed by atoms with Crippen molar-refractivity contribution in [1.82, 2.24) is 9.88 Å². The standard InChI is InChI=1S/C17H15F3N2O3/c18-17(19,20)12-5-2-1-4-11(12)14-8-10(23)9-22(14)16(25)13-6-3-7-15(24)21-13/h1-7,10,14,23H,8-9H2,(H,21,24)/t10-,14-/m1/s1. The molecule has 5 nitrogen and oxygen atoms in total. The summed E-state index contributed by atoms with van der Waals surface area (Å²) in [4.78, 5) is 27.6. The first-order valence-corrected chi connectivity index (χ1v) is 7.62. The SMILES string of the molecule is O=C(c1cccc(=O)[nH]1)N1C[C@H](O)C[C@@H]1c1ccccc1C(F)(F)F. The fraction of sp³-hybridized carbons (Fsp3) is 0.294. The minimum Gasteiger partial charge on any atom is -0.391 e. The lowest BCUT2D eigenvalue weighted by atomic mass is 9.97. The van der Waals surface area contributed by atoms with Gasteiger partial charge < -0.3 is 15.0 Å². The predicted molar refractivity (Wildman–Crippen MR) is 82.9 cm³/mol. The van der Waals surface area contributed by atoms with Gasteiger partial charge in [0.25, 0.3) is 5.91 Å². The third kappa shape index (κ3) is 3.43. The van der Waals surface area contributed by atoms with Crippen LogP contribution in [0.3, 0.4) is 0 Å². The maximum absolute atomic E-state index is 13.3. The lowest BCUT2D eigenvalue weighted by molar-refractivity contribution is -0.138. The molecule has 25 heavy (non-hydrogen) atoms. The number of aromatic amines is 1. The molecule has 1 aromatic heterocycles. The summed E-state index contributed by atoms with van der Waals surface area (Å²) in [5, 5.41) is 9.93. The van der Waals surface area contributed by atoms with Crippen LogP contribution in [-0.4, -0.2) is 33.5 Å². The number of carbonyl (C=O) groups excluding carboxylic acids is 1. The van der Waals surface area contributed by atoms with Crippen molar-refractivity contribution in [2.45, 2.75) is 24.7 Å². The van der Waals surface area contributed by atoms with Crippen molar-refractivity contribution in [3.63, 3.8) is 0 Å². The Hall–Kier alpha value is -2.61. The molecule has 1 fully saturated rings. The zero-order chi connectivity index (χ0) is 18.2. The number of β-amino-alcohol motifs (C(OH)–C–C–N with tert-alkyl or cyclic N) is 1. The van der Waals surface area contributed by atoms with E-state index in [0.29, 0.717) is 0 Å². The maximum Gasteiger partial charge on any atom is 0.416 e. The Morgan fingerprint density at radius 2 is 1.88 bits per heavy atom. The number of benzene rings is 1. The van der Waals surface area contributed by atoms with Crippen molar-refractivity contribution in [1.29, 1.82) is 0 Å². The van der Waals surface area contributed by atoms with Gasteiger partial charge in [-0.2, -0.15) is 13.2 Å². The average Bonchev–Trinajstić information content (AvgIpc) is 2.95. The smallest absolute Gasteiger partial charge is 0.391 e. The number of alkyl halides is 3. The van der Waals surface area contributed by atoms with E-state index in [-0.39, 0.29) is 24.2 Å². The molecular weight excluding hydrogens is 337 g/mol. The number of likely N-dealkylation sites (tertiary alicyclic amines) is 1. The van der Waals surface area contributed by atoms with Crippen LogP contribution in [0.4, 0.5) is 13.2 Å². The van der Waals surface area contributed by atoms with Crippen LogP contribution in [0.1, 0.15) is 34.1 Å². The van der Waals surface area contributed by atoms with Crippen molar-refractivity contribution < 1.29 is 23.1 Å². The van der Waals surface area contributed by atoms with E-state index in [2.05, 4.69) is 4.98 Å². The van der Waals surface area contributed by atoms with Gasteiger partial charge in [-0.15, -0.1) is 0 Å². The predicted octanol–water partition coefficient (Wildman–Crippen LogP) is 2.34. The van der Waals surface area contributed by atoms with E-state index in [0.717, 1.165) is 6.07 Å². The van der Waals surface area contributed by atoms with Gasteiger partial charge in [-0.05, 0) is 24.1 Å². The van der Waals surface area contributed by atoms with E-state index in [9.17, 15) is 27.9 Å². The number of halogens is 3. The molecule has 8 heteroatoms. The molecule has 0 radical (unpaired) electrons. The van der Waals surface area contributed by atoms with Gasteiger partial charge in [0.15, 0.2) is 0 Å². The number of carbonyl (C=O) groups is 1. The van der Waals surface area contributed by atoms with Crippen LogP contribution in [0.15, 0.2) is 47.3 Å². The highest BCUT2D eigenvalue weighted by Gasteiger charge is 2.41. The summed E-state index contributed by atoms with van der Waals surface area (Å²) < 4.78 is 39.9. The molecule has 1 aliphatic heterocycles. The summed E-state index contributed by atoms with van der Waals surface area (Å²) in [5.74, 6) is -0.628. The summed E-state index contributed by atoms with van der Waals surface area (Å²) in [5.41, 5.74) is -1.43. The van der Waals surface area contributed by atoms with Gasteiger partial charge in [-0.3, -0.25) is 9.59 Å². The highest BCUT2D eigenvalue weighted by Crippen LogP contribution is 2.40. The molecule has 132 valence electrons. The largest absolute Gasteiger partial charge is 0.416 e. The van der Waals surface area contributed by atoms with E-state index in [1.54, 1.807) is 0 Å². The van der Waals surface area contributed by atoms with Crippen LogP contribution in [0.2, 0.25) is 0 Å². The number of nitrogens with zero attached hydrogens (tertiary/aromatic N) is 1. The second-order valence-electron chi connectivity index (χ2n) is 5.88.